The second-order valence-electron chi connectivity index (χ2n) is 3.59. The Kier molecular flexibility index (Phi) is 3.34. The summed E-state index contributed by atoms with van der Waals surface area (Å²) in [7, 11) is 0. The number of nitrogens with two attached hydrogens (primary N) is 1. The highest BCUT2D eigenvalue weighted by molar-refractivity contribution is 6.31. The first-order valence-corrected chi connectivity index (χ1v) is 4.90. The Balaban J connectivity index is 3.15. The predicted molar refractivity (Wildman–Crippen MR) is 58.4 cm³/mol. The highest BCUT2D eigenvalue weighted by atomic mass is 35.5. The van der Waals surface area contributed by atoms with E-state index in [0.29, 0.717) is 12.5 Å². The fourth-order valence-corrected chi connectivity index (χ4v) is 1.67. The first kappa shape index (κ1) is 10.6. The van der Waals surface area contributed by atoms with E-state index >= 15 is 0 Å². The van der Waals surface area contributed by atoms with Crippen molar-refractivity contribution in [3.05, 3.63) is 33.8 Å². The molecular weight excluding hydrogens is 182 g/mol. The van der Waals surface area contributed by atoms with Crippen LogP contribution in [0.15, 0.2) is 12.1 Å². The monoisotopic (exact) mass is 197 g/mol. The third-order valence-corrected chi connectivity index (χ3v) is 2.84. The fourth-order valence-electron chi connectivity index (χ4n) is 1.50. The van der Waals surface area contributed by atoms with E-state index in [4.69, 9.17) is 17.3 Å². The summed E-state index contributed by atoms with van der Waals surface area (Å²) < 4.78 is 0. The SMILES string of the molecule is Cc1cc(C)c(C(C)CN)cc1Cl. The van der Waals surface area contributed by atoms with Crippen molar-refractivity contribution in [2.45, 2.75) is 26.7 Å². The van der Waals surface area contributed by atoms with Crippen LogP contribution in [0.25, 0.3) is 0 Å². The van der Waals surface area contributed by atoms with Gasteiger partial charge in [0.15, 0.2) is 0 Å². The zero-order chi connectivity index (χ0) is 10.0. The van der Waals surface area contributed by atoms with Crippen LogP contribution < -0.4 is 5.73 Å². The molecule has 0 aliphatic rings. The standard InChI is InChI=1S/C11H16ClN/c1-7-4-8(2)11(12)5-10(7)9(3)6-13/h4-5,9H,6,13H2,1-3H3. The summed E-state index contributed by atoms with van der Waals surface area (Å²) in [6, 6.07) is 4.15. The molecule has 0 aliphatic carbocycles. The van der Waals surface area contributed by atoms with E-state index in [9.17, 15) is 0 Å². The molecule has 2 heteroatoms. The van der Waals surface area contributed by atoms with Crippen LogP contribution in [0.3, 0.4) is 0 Å². The number of halogens is 1. The lowest BCUT2D eigenvalue weighted by molar-refractivity contribution is 0.767. The second-order valence-corrected chi connectivity index (χ2v) is 4.00. The Bertz CT molecular complexity index is 307. The summed E-state index contributed by atoms with van der Waals surface area (Å²) >= 11 is 6.05. The van der Waals surface area contributed by atoms with Gasteiger partial charge in [-0.15, -0.1) is 0 Å². The first-order valence-electron chi connectivity index (χ1n) is 4.53. The maximum absolute atomic E-state index is 6.05. The Morgan fingerprint density at radius 2 is 1.92 bits per heavy atom. The minimum atomic E-state index is 0.387. The summed E-state index contributed by atoms with van der Waals surface area (Å²) in [5.74, 6) is 0.387. The number of rotatable bonds is 2. The van der Waals surface area contributed by atoms with Crippen LogP contribution in [0.2, 0.25) is 5.02 Å². The van der Waals surface area contributed by atoms with E-state index in [0.717, 1.165) is 10.6 Å². The molecule has 1 nitrogen and oxygen atoms in total. The third kappa shape index (κ3) is 2.23. The zero-order valence-electron chi connectivity index (χ0n) is 8.39. The van der Waals surface area contributed by atoms with E-state index in [-0.39, 0.29) is 0 Å². The van der Waals surface area contributed by atoms with Gasteiger partial charge in [0.1, 0.15) is 0 Å². The lowest BCUT2D eigenvalue weighted by Crippen LogP contribution is -2.10. The molecule has 0 radical (unpaired) electrons. The van der Waals surface area contributed by atoms with Crippen molar-refractivity contribution in [1.82, 2.24) is 0 Å². The molecule has 0 saturated carbocycles. The Morgan fingerprint density at radius 1 is 1.31 bits per heavy atom. The molecule has 0 saturated heterocycles. The second kappa shape index (κ2) is 4.12. The summed E-state index contributed by atoms with van der Waals surface area (Å²) in [5.41, 5.74) is 9.29. The van der Waals surface area contributed by atoms with Crippen LogP contribution in [0.1, 0.15) is 29.5 Å². The third-order valence-electron chi connectivity index (χ3n) is 2.43. The average molecular weight is 198 g/mol. The molecule has 0 aromatic heterocycles. The first-order chi connectivity index (χ1) is 6.06. The fraction of sp³-hybridized carbons (Fsp3) is 0.455. The largest absolute Gasteiger partial charge is 0.330 e. The minimum absolute atomic E-state index is 0.387. The van der Waals surface area contributed by atoms with Gasteiger partial charge in [-0.3, -0.25) is 0 Å². The van der Waals surface area contributed by atoms with Crippen LogP contribution in [0.4, 0.5) is 0 Å². The molecule has 1 aromatic rings. The van der Waals surface area contributed by atoms with Crippen LogP contribution in [0.5, 0.6) is 0 Å². The molecule has 0 fully saturated rings. The van der Waals surface area contributed by atoms with Gasteiger partial charge in [-0.25, -0.2) is 0 Å². The van der Waals surface area contributed by atoms with Crippen LogP contribution >= 0.6 is 11.6 Å². The molecule has 0 aliphatic heterocycles. The predicted octanol–water partition coefficient (Wildman–Crippen LogP) is 3.02. The zero-order valence-corrected chi connectivity index (χ0v) is 9.15. The van der Waals surface area contributed by atoms with Gasteiger partial charge < -0.3 is 5.73 Å². The van der Waals surface area contributed by atoms with Crippen molar-refractivity contribution >= 4 is 11.6 Å². The lowest BCUT2D eigenvalue weighted by Gasteiger charge is -2.14. The molecule has 1 atom stereocenters. The molecular formula is C11H16ClN. The van der Waals surface area contributed by atoms with Gasteiger partial charge in [0, 0.05) is 5.02 Å². The maximum atomic E-state index is 6.05. The topological polar surface area (TPSA) is 26.0 Å². The molecule has 0 amide bonds. The van der Waals surface area contributed by atoms with Gasteiger partial charge in [-0.2, -0.15) is 0 Å². The maximum Gasteiger partial charge on any atom is 0.0438 e. The van der Waals surface area contributed by atoms with E-state index in [1.807, 2.05) is 13.0 Å². The molecule has 72 valence electrons. The molecule has 2 N–H and O–H groups in total. The molecule has 0 heterocycles. The molecule has 1 unspecified atom stereocenters. The normalized spacial score (nSPS) is 13.0. The highest BCUT2D eigenvalue weighted by Crippen LogP contribution is 2.25. The molecule has 13 heavy (non-hydrogen) atoms. The van der Waals surface area contributed by atoms with Crippen molar-refractivity contribution < 1.29 is 0 Å². The van der Waals surface area contributed by atoms with E-state index in [1.54, 1.807) is 0 Å². The van der Waals surface area contributed by atoms with E-state index in [2.05, 4.69) is 19.9 Å². The van der Waals surface area contributed by atoms with Crippen molar-refractivity contribution in [3.63, 3.8) is 0 Å². The van der Waals surface area contributed by atoms with Crippen LogP contribution in [-0.2, 0) is 0 Å². The number of aryl methyl sites for hydroxylation is 2. The van der Waals surface area contributed by atoms with Crippen LogP contribution in [0, 0.1) is 13.8 Å². The smallest absolute Gasteiger partial charge is 0.0438 e. The Labute approximate surface area is 84.9 Å². The lowest BCUT2D eigenvalue weighted by atomic mass is 9.95. The molecule has 1 rings (SSSR count). The van der Waals surface area contributed by atoms with Crippen molar-refractivity contribution in [2.24, 2.45) is 5.73 Å². The summed E-state index contributed by atoms with van der Waals surface area (Å²) in [6.45, 7) is 6.91. The van der Waals surface area contributed by atoms with Gasteiger partial charge in [0.25, 0.3) is 0 Å². The molecule has 0 bridgehead atoms. The number of hydrogen-bond acceptors (Lipinski definition) is 1. The van der Waals surface area contributed by atoms with Crippen LogP contribution in [-0.4, -0.2) is 6.54 Å². The van der Waals surface area contributed by atoms with Crippen molar-refractivity contribution in [2.75, 3.05) is 6.54 Å². The minimum Gasteiger partial charge on any atom is -0.330 e. The summed E-state index contributed by atoms with van der Waals surface area (Å²) in [4.78, 5) is 0. The van der Waals surface area contributed by atoms with Gasteiger partial charge in [0.05, 0.1) is 0 Å². The van der Waals surface area contributed by atoms with E-state index < -0.39 is 0 Å². The summed E-state index contributed by atoms with van der Waals surface area (Å²) in [6.07, 6.45) is 0. The average Bonchev–Trinajstić information content (AvgIpc) is 2.10. The van der Waals surface area contributed by atoms with E-state index in [1.165, 1.54) is 11.1 Å². The van der Waals surface area contributed by atoms with Gasteiger partial charge >= 0.3 is 0 Å². The number of hydrogen-bond donors (Lipinski definition) is 1. The quantitative estimate of drug-likeness (QED) is 0.775. The Hall–Kier alpha value is -0.530. The highest BCUT2D eigenvalue weighted by Gasteiger charge is 2.08. The van der Waals surface area contributed by atoms with Crippen molar-refractivity contribution in [1.29, 1.82) is 0 Å². The summed E-state index contributed by atoms with van der Waals surface area (Å²) in [5, 5.41) is 0.834. The number of benzene rings is 1. The van der Waals surface area contributed by atoms with Crippen molar-refractivity contribution in [3.8, 4) is 0 Å². The van der Waals surface area contributed by atoms with Gasteiger partial charge in [0.2, 0.25) is 0 Å². The Morgan fingerprint density at radius 3 is 2.46 bits per heavy atom. The molecule has 1 aromatic carbocycles. The van der Waals surface area contributed by atoms with Gasteiger partial charge in [-0.1, -0.05) is 24.6 Å². The van der Waals surface area contributed by atoms with Gasteiger partial charge in [-0.05, 0) is 49.1 Å². The molecule has 0 spiro atoms.